The molecule has 1 aliphatic rings. The average Bonchev–Trinajstić information content (AvgIpc) is 3.24. The lowest BCUT2D eigenvalue weighted by Gasteiger charge is -2.29. The molecule has 0 saturated carbocycles. The van der Waals surface area contributed by atoms with Gasteiger partial charge in [-0.2, -0.15) is 0 Å². The lowest BCUT2D eigenvalue weighted by molar-refractivity contribution is -0.140. The number of anilines is 1. The molecule has 164 valence electrons. The third-order valence-electron chi connectivity index (χ3n) is 4.97. The predicted molar refractivity (Wildman–Crippen MR) is 116 cm³/mol. The molecule has 1 saturated heterocycles. The Balaban J connectivity index is 1.75. The first kappa shape index (κ1) is 22.1. The Bertz CT molecular complexity index is 904. The number of nitrogens with zero attached hydrogens (tertiary/aromatic N) is 2. The smallest absolute Gasteiger partial charge is 0.323 e. The molecule has 0 bridgehead atoms. The lowest BCUT2D eigenvalue weighted by atomic mass is 10.1. The highest BCUT2D eigenvalue weighted by atomic mass is 16.5. The van der Waals surface area contributed by atoms with Gasteiger partial charge in [0, 0.05) is 31.9 Å². The van der Waals surface area contributed by atoms with Gasteiger partial charge in [-0.15, -0.1) is 0 Å². The first-order chi connectivity index (χ1) is 15.0. The molecule has 4 N–H and O–H groups in total. The van der Waals surface area contributed by atoms with E-state index in [9.17, 15) is 14.4 Å². The van der Waals surface area contributed by atoms with Crippen molar-refractivity contribution in [1.82, 2.24) is 15.1 Å². The van der Waals surface area contributed by atoms with Gasteiger partial charge in [0.1, 0.15) is 5.75 Å². The van der Waals surface area contributed by atoms with E-state index in [-0.39, 0.29) is 38.5 Å². The molecular formula is C22H27N5O4. The van der Waals surface area contributed by atoms with E-state index in [1.807, 2.05) is 30.3 Å². The summed E-state index contributed by atoms with van der Waals surface area (Å²) < 4.78 is 5.12. The Hall–Kier alpha value is -3.59. The highest BCUT2D eigenvalue weighted by molar-refractivity contribution is 5.96. The highest BCUT2D eigenvalue weighted by Crippen LogP contribution is 2.20. The summed E-state index contributed by atoms with van der Waals surface area (Å²) in [5, 5.41) is 5.46. The monoisotopic (exact) mass is 425 g/mol. The number of hydrogen-bond acceptors (Lipinski definition) is 5. The Morgan fingerprint density at radius 2 is 1.71 bits per heavy atom. The molecule has 1 unspecified atom stereocenters. The molecule has 0 spiro atoms. The number of ether oxygens (including phenoxy) is 1. The maximum Gasteiger partial charge on any atom is 0.323 e. The zero-order chi connectivity index (χ0) is 22.2. The van der Waals surface area contributed by atoms with Crippen LogP contribution in [0.2, 0.25) is 0 Å². The summed E-state index contributed by atoms with van der Waals surface area (Å²) in [7, 11) is 1.56. The molecule has 9 heteroatoms. The van der Waals surface area contributed by atoms with Gasteiger partial charge in [-0.05, 0) is 29.8 Å². The summed E-state index contributed by atoms with van der Waals surface area (Å²) in [6.07, 6.45) is -0.892. The summed E-state index contributed by atoms with van der Waals surface area (Å²) in [6.45, 7) is 1.02. The molecule has 31 heavy (non-hydrogen) atoms. The van der Waals surface area contributed by atoms with Crippen molar-refractivity contribution in [2.24, 2.45) is 5.73 Å². The van der Waals surface area contributed by atoms with Gasteiger partial charge >= 0.3 is 6.03 Å². The molecule has 0 aromatic heterocycles. The number of nitrogens with one attached hydrogen (secondary N) is 2. The number of methoxy groups -OCH3 is 1. The zero-order valence-corrected chi connectivity index (χ0v) is 17.4. The Morgan fingerprint density at radius 3 is 2.35 bits per heavy atom. The molecule has 9 nitrogen and oxygen atoms in total. The number of carbonyl (C=O) groups excluding carboxylic acids is 3. The number of nitrogens with two attached hydrogens (primary N) is 1. The fraction of sp³-hybridized carbons (Fsp3) is 0.318. The van der Waals surface area contributed by atoms with Gasteiger partial charge in [0.2, 0.25) is 5.91 Å². The van der Waals surface area contributed by atoms with Crippen LogP contribution in [0.3, 0.4) is 0 Å². The topological polar surface area (TPSA) is 117 Å². The minimum absolute atomic E-state index is 0.148. The van der Waals surface area contributed by atoms with Gasteiger partial charge in [-0.3, -0.25) is 14.5 Å². The highest BCUT2D eigenvalue weighted by Gasteiger charge is 2.42. The second-order valence-electron chi connectivity index (χ2n) is 7.05. The van der Waals surface area contributed by atoms with Crippen LogP contribution in [-0.2, 0) is 16.0 Å². The standard InChI is InChI=1S/C22H27N5O4/c1-31-18-9-7-17(8-10-18)25-22(30)27-14-13-26(21(27)20(29)24-12-11-23)19(28)15-16-5-3-2-4-6-16/h2-10,21H,11-15,23H2,1H3,(H,24,29)(H,25,30). The van der Waals surface area contributed by atoms with Gasteiger partial charge < -0.3 is 26.0 Å². The van der Waals surface area contributed by atoms with Crippen molar-refractivity contribution in [3.63, 3.8) is 0 Å². The second-order valence-corrected chi connectivity index (χ2v) is 7.05. The quantitative estimate of drug-likeness (QED) is 0.612. The molecule has 1 fully saturated rings. The van der Waals surface area contributed by atoms with Crippen LogP contribution in [0.25, 0.3) is 0 Å². The van der Waals surface area contributed by atoms with Crippen LogP contribution >= 0.6 is 0 Å². The number of rotatable bonds is 7. The average molecular weight is 425 g/mol. The third-order valence-corrected chi connectivity index (χ3v) is 4.97. The van der Waals surface area contributed by atoms with Crippen molar-refractivity contribution in [3.8, 4) is 5.75 Å². The summed E-state index contributed by atoms with van der Waals surface area (Å²) in [6, 6.07) is 15.7. The minimum Gasteiger partial charge on any atom is -0.497 e. The van der Waals surface area contributed by atoms with E-state index in [1.54, 1.807) is 31.4 Å². The van der Waals surface area contributed by atoms with Crippen molar-refractivity contribution in [2.75, 3.05) is 38.6 Å². The number of carbonyl (C=O) groups is 3. The van der Waals surface area contributed by atoms with E-state index >= 15 is 0 Å². The number of urea groups is 1. The van der Waals surface area contributed by atoms with Crippen molar-refractivity contribution >= 4 is 23.5 Å². The van der Waals surface area contributed by atoms with Crippen LogP contribution in [0.1, 0.15) is 5.56 Å². The number of amides is 4. The van der Waals surface area contributed by atoms with E-state index < -0.39 is 18.1 Å². The van der Waals surface area contributed by atoms with E-state index in [0.29, 0.717) is 11.4 Å². The first-order valence-electron chi connectivity index (χ1n) is 10.1. The van der Waals surface area contributed by atoms with Crippen molar-refractivity contribution in [1.29, 1.82) is 0 Å². The van der Waals surface area contributed by atoms with E-state index in [4.69, 9.17) is 10.5 Å². The van der Waals surface area contributed by atoms with Crippen LogP contribution in [0.5, 0.6) is 5.75 Å². The summed E-state index contributed by atoms with van der Waals surface area (Å²) in [5.41, 5.74) is 6.89. The Labute approximate surface area is 181 Å². The molecule has 1 heterocycles. The molecule has 0 aliphatic carbocycles. The second kappa shape index (κ2) is 10.4. The normalized spacial score (nSPS) is 15.5. The third kappa shape index (κ3) is 5.52. The predicted octanol–water partition coefficient (Wildman–Crippen LogP) is 1.02. The number of benzene rings is 2. The van der Waals surface area contributed by atoms with Crippen LogP contribution in [0.4, 0.5) is 10.5 Å². The molecule has 4 amide bonds. The maximum atomic E-state index is 12.9. The zero-order valence-electron chi connectivity index (χ0n) is 17.4. The van der Waals surface area contributed by atoms with E-state index in [1.165, 1.54) is 9.80 Å². The molecular weight excluding hydrogens is 398 g/mol. The number of hydrogen-bond donors (Lipinski definition) is 3. The van der Waals surface area contributed by atoms with Crippen LogP contribution < -0.4 is 21.1 Å². The van der Waals surface area contributed by atoms with E-state index in [0.717, 1.165) is 5.56 Å². The Kier molecular flexibility index (Phi) is 7.45. The molecule has 2 aromatic rings. The van der Waals surface area contributed by atoms with Crippen LogP contribution in [0.15, 0.2) is 54.6 Å². The van der Waals surface area contributed by atoms with Gasteiger partial charge in [0.25, 0.3) is 5.91 Å². The van der Waals surface area contributed by atoms with Gasteiger partial charge in [-0.25, -0.2) is 4.79 Å². The van der Waals surface area contributed by atoms with Crippen LogP contribution in [0, 0.1) is 0 Å². The van der Waals surface area contributed by atoms with Crippen LogP contribution in [-0.4, -0.2) is 67.1 Å². The maximum absolute atomic E-state index is 12.9. The van der Waals surface area contributed by atoms with E-state index in [2.05, 4.69) is 10.6 Å². The summed E-state index contributed by atoms with van der Waals surface area (Å²) in [5.74, 6) is 0.00369. The molecule has 0 radical (unpaired) electrons. The molecule has 1 atom stereocenters. The molecule has 3 rings (SSSR count). The van der Waals surface area contributed by atoms with Crippen molar-refractivity contribution in [3.05, 3.63) is 60.2 Å². The Morgan fingerprint density at radius 1 is 1.03 bits per heavy atom. The van der Waals surface area contributed by atoms with Crippen molar-refractivity contribution < 1.29 is 19.1 Å². The molecule has 2 aromatic carbocycles. The fourth-order valence-corrected chi connectivity index (χ4v) is 3.41. The summed E-state index contributed by atoms with van der Waals surface area (Å²) >= 11 is 0. The van der Waals surface area contributed by atoms with Gasteiger partial charge in [-0.1, -0.05) is 30.3 Å². The van der Waals surface area contributed by atoms with Crippen molar-refractivity contribution in [2.45, 2.75) is 12.6 Å². The first-order valence-corrected chi connectivity index (χ1v) is 10.1. The van der Waals surface area contributed by atoms with Gasteiger partial charge in [0.05, 0.1) is 13.5 Å². The lowest BCUT2D eigenvalue weighted by Crippen LogP contribution is -2.55. The molecule has 1 aliphatic heterocycles. The largest absolute Gasteiger partial charge is 0.497 e. The summed E-state index contributed by atoms with van der Waals surface area (Å²) in [4.78, 5) is 41.5. The fourth-order valence-electron chi connectivity index (χ4n) is 3.41. The SMILES string of the molecule is COc1ccc(NC(=O)N2CCN(C(=O)Cc3ccccc3)C2C(=O)NCCN)cc1. The van der Waals surface area contributed by atoms with Gasteiger partial charge in [0.15, 0.2) is 6.17 Å². The minimum atomic E-state index is -1.04.